The van der Waals surface area contributed by atoms with Crippen molar-refractivity contribution < 1.29 is 39.4 Å². The van der Waals surface area contributed by atoms with E-state index in [1.165, 1.54) is 34.6 Å². The van der Waals surface area contributed by atoms with Crippen LogP contribution in [0.15, 0.2) is 0 Å². The highest BCUT2D eigenvalue weighted by molar-refractivity contribution is 5.68. The molecule has 0 radical (unpaired) electrons. The SMILES string of the molecule is CCC(=O)ON1C(C)(C)CC(O[N+](=O)[O-])C(O[N+](=O)[O-])C(O[N+](=O)[O-])C1(C)C. The van der Waals surface area contributed by atoms with Gasteiger partial charge in [0.25, 0.3) is 15.3 Å². The molecule has 1 aliphatic rings. The fraction of sp³-hybridized carbons (Fsp3) is 0.923. The van der Waals surface area contributed by atoms with Crippen LogP contribution in [0.2, 0.25) is 0 Å². The Balaban J connectivity index is 3.58. The number of hydrogen-bond donors (Lipinski definition) is 0. The lowest BCUT2D eigenvalue weighted by atomic mass is 9.91. The van der Waals surface area contributed by atoms with Gasteiger partial charge in [0.2, 0.25) is 0 Å². The second-order valence-corrected chi connectivity index (χ2v) is 7.19. The molecule has 28 heavy (non-hydrogen) atoms. The van der Waals surface area contributed by atoms with Crippen molar-refractivity contribution in [3.63, 3.8) is 0 Å². The number of carbonyl (C=O) groups excluding carboxylic acids is 1. The molecule has 1 aliphatic heterocycles. The Kier molecular flexibility index (Phi) is 6.89. The lowest BCUT2D eigenvalue weighted by Gasteiger charge is -2.46. The summed E-state index contributed by atoms with van der Waals surface area (Å²) in [7, 11) is 0. The van der Waals surface area contributed by atoms with Crippen LogP contribution in [0.3, 0.4) is 0 Å². The molecule has 0 amide bonds. The molecule has 0 aromatic rings. The van der Waals surface area contributed by atoms with Gasteiger partial charge in [-0.05, 0) is 34.1 Å². The van der Waals surface area contributed by atoms with E-state index in [2.05, 4.69) is 14.5 Å². The van der Waals surface area contributed by atoms with Crippen molar-refractivity contribution >= 4 is 5.97 Å². The first-order valence-electron chi connectivity index (χ1n) is 8.17. The zero-order valence-corrected chi connectivity index (χ0v) is 15.9. The number of rotatable bonds is 8. The molecule has 3 unspecified atom stereocenters. The molecule has 0 N–H and O–H groups in total. The van der Waals surface area contributed by atoms with Crippen molar-refractivity contribution in [2.24, 2.45) is 0 Å². The lowest BCUT2D eigenvalue weighted by molar-refractivity contribution is -0.817. The molecule has 3 atom stereocenters. The maximum absolute atomic E-state index is 11.9. The molecule has 1 saturated heterocycles. The van der Waals surface area contributed by atoms with Crippen LogP contribution in [0.4, 0.5) is 0 Å². The zero-order valence-electron chi connectivity index (χ0n) is 15.9. The average Bonchev–Trinajstić information content (AvgIpc) is 2.57. The molecular formula is C13H22N4O11. The highest BCUT2D eigenvalue weighted by Crippen LogP contribution is 2.41. The Morgan fingerprint density at radius 3 is 1.93 bits per heavy atom. The molecule has 0 aliphatic carbocycles. The fourth-order valence-corrected chi connectivity index (χ4v) is 3.30. The number of hydrogen-bond acceptors (Lipinski definition) is 12. The minimum Gasteiger partial charge on any atom is -0.367 e. The van der Waals surface area contributed by atoms with Crippen molar-refractivity contribution in [1.29, 1.82) is 0 Å². The maximum Gasteiger partial charge on any atom is 0.324 e. The lowest BCUT2D eigenvalue weighted by Crippen LogP contribution is -2.62. The molecule has 0 spiro atoms. The van der Waals surface area contributed by atoms with Crippen molar-refractivity contribution in [3.05, 3.63) is 30.3 Å². The molecule has 0 saturated carbocycles. The van der Waals surface area contributed by atoms with Crippen molar-refractivity contribution in [2.45, 2.75) is 76.9 Å². The Hall–Kier alpha value is -2.97. The minimum atomic E-state index is -1.87. The first-order valence-corrected chi connectivity index (χ1v) is 8.17. The molecule has 15 heteroatoms. The summed E-state index contributed by atoms with van der Waals surface area (Å²) in [6.07, 6.45) is -5.64. The van der Waals surface area contributed by atoms with Crippen LogP contribution in [0, 0.1) is 30.3 Å². The van der Waals surface area contributed by atoms with Crippen molar-refractivity contribution in [1.82, 2.24) is 5.06 Å². The Morgan fingerprint density at radius 2 is 1.50 bits per heavy atom. The maximum atomic E-state index is 11.9. The second-order valence-electron chi connectivity index (χ2n) is 7.19. The molecule has 0 aromatic carbocycles. The van der Waals surface area contributed by atoms with Gasteiger partial charge in [0.05, 0.1) is 11.1 Å². The first kappa shape index (κ1) is 23.1. The van der Waals surface area contributed by atoms with Crippen LogP contribution in [-0.4, -0.2) is 55.7 Å². The summed E-state index contributed by atoms with van der Waals surface area (Å²) >= 11 is 0. The highest BCUT2D eigenvalue weighted by Gasteiger charge is 2.58. The summed E-state index contributed by atoms with van der Waals surface area (Å²) in [5.74, 6) is -0.693. The summed E-state index contributed by atoms with van der Waals surface area (Å²) in [4.78, 5) is 63.7. The summed E-state index contributed by atoms with van der Waals surface area (Å²) in [6, 6.07) is 0. The molecule has 1 rings (SSSR count). The summed E-state index contributed by atoms with van der Waals surface area (Å²) in [6.45, 7) is 7.27. The predicted octanol–water partition coefficient (Wildman–Crippen LogP) is 0.848. The van der Waals surface area contributed by atoms with Crippen LogP contribution in [-0.2, 0) is 24.1 Å². The second kappa shape index (κ2) is 8.37. The molecule has 1 fully saturated rings. The van der Waals surface area contributed by atoms with Gasteiger partial charge >= 0.3 is 5.97 Å². The van der Waals surface area contributed by atoms with Gasteiger partial charge in [-0.3, -0.25) is 4.79 Å². The van der Waals surface area contributed by atoms with Gasteiger partial charge in [-0.2, -0.15) is 0 Å². The van der Waals surface area contributed by atoms with Crippen LogP contribution < -0.4 is 0 Å². The third kappa shape index (κ3) is 5.28. The van der Waals surface area contributed by atoms with Crippen LogP contribution in [0.5, 0.6) is 0 Å². The van der Waals surface area contributed by atoms with Gasteiger partial charge in [-0.25, -0.2) is 0 Å². The molecule has 160 valence electrons. The zero-order chi connectivity index (χ0) is 21.9. The molecule has 0 aromatic heterocycles. The monoisotopic (exact) mass is 410 g/mol. The minimum absolute atomic E-state index is 0.0347. The molecular weight excluding hydrogens is 388 g/mol. The van der Waals surface area contributed by atoms with E-state index in [1.54, 1.807) is 0 Å². The molecule has 1 heterocycles. The predicted molar refractivity (Wildman–Crippen MR) is 86.6 cm³/mol. The third-order valence-electron chi connectivity index (χ3n) is 4.25. The Labute approximate surface area is 158 Å². The van der Waals surface area contributed by atoms with Crippen molar-refractivity contribution in [2.75, 3.05) is 0 Å². The van der Waals surface area contributed by atoms with E-state index in [4.69, 9.17) is 4.84 Å². The van der Waals surface area contributed by atoms with E-state index in [9.17, 15) is 35.1 Å². The number of carbonyl (C=O) groups is 1. The van der Waals surface area contributed by atoms with E-state index in [0.29, 0.717) is 0 Å². The van der Waals surface area contributed by atoms with Gasteiger partial charge in [-0.1, -0.05) is 6.92 Å². The fourth-order valence-electron chi connectivity index (χ4n) is 3.30. The van der Waals surface area contributed by atoms with Gasteiger partial charge in [0, 0.05) is 6.42 Å². The quantitative estimate of drug-likeness (QED) is 0.406. The van der Waals surface area contributed by atoms with E-state index in [-0.39, 0.29) is 12.8 Å². The van der Waals surface area contributed by atoms with E-state index in [1.807, 2.05) is 0 Å². The Bertz CT molecular complexity index is 638. The van der Waals surface area contributed by atoms with E-state index in [0.717, 1.165) is 5.06 Å². The Morgan fingerprint density at radius 1 is 1.00 bits per heavy atom. The van der Waals surface area contributed by atoms with E-state index < -0.39 is 50.6 Å². The summed E-state index contributed by atoms with van der Waals surface area (Å²) in [5, 5.41) is 30.3. The topological polar surface area (TPSA) is 187 Å². The van der Waals surface area contributed by atoms with Crippen molar-refractivity contribution in [3.8, 4) is 0 Å². The van der Waals surface area contributed by atoms with Crippen LogP contribution in [0.1, 0.15) is 47.5 Å². The molecule has 0 bridgehead atoms. The smallest absolute Gasteiger partial charge is 0.324 e. The first-order chi connectivity index (χ1) is 12.7. The van der Waals surface area contributed by atoms with Crippen LogP contribution in [0.25, 0.3) is 0 Å². The average molecular weight is 410 g/mol. The number of hydroxylamine groups is 2. The van der Waals surface area contributed by atoms with E-state index >= 15 is 0 Å². The van der Waals surface area contributed by atoms with Crippen LogP contribution >= 0.6 is 0 Å². The van der Waals surface area contributed by atoms with Gasteiger partial charge in [-0.15, -0.1) is 35.4 Å². The highest BCUT2D eigenvalue weighted by atomic mass is 17.0. The normalized spacial score (nSPS) is 26.4. The summed E-state index contributed by atoms with van der Waals surface area (Å²) < 4.78 is 0. The van der Waals surface area contributed by atoms with Gasteiger partial charge in [0.15, 0.2) is 12.2 Å². The summed E-state index contributed by atoms with van der Waals surface area (Å²) in [5.41, 5.74) is -2.79. The molecule has 15 nitrogen and oxygen atoms in total. The number of nitrogens with zero attached hydrogens (tertiary/aromatic N) is 4. The van der Waals surface area contributed by atoms with Gasteiger partial charge < -0.3 is 19.4 Å². The standard InChI is InChI=1S/C13H22N4O11/c1-6-9(18)26-14-12(2,3)7-8(25-15(19)20)10(27-16(21)22)11(13(14,4)5)28-17(23)24/h8,10-11H,6-7H2,1-5H3. The van der Waals surface area contributed by atoms with Gasteiger partial charge in [0.1, 0.15) is 6.10 Å². The third-order valence-corrected chi connectivity index (χ3v) is 4.25. The largest absolute Gasteiger partial charge is 0.367 e.